The average molecular weight is 406 g/mol. The molecule has 6 heteroatoms. The fraction of sp³-hybridized carbons (Fsp3) is 0.455. The van der Waals surface area contributed by atoms with Gasteiger partial charge in [0.25, 0.3) is 10.0 Å². The van der Waals surface area contributed by atoms with Crippen LogP contribution in [-0.2, 0) is 10.0 Å². The van der Waals surface area contributed by atoms with Crippen LogP contribution < -0.4 is 14.2 Å². The van der Waals surface area contributed by atoms with E-state index in [1.807, 2.05) is 32.0 Å². The largest absolute Gasteiger partial charge is 0.490 e. The van der Waals surface area contributed by atoms with E-state index < -0.39 is 10.0 Å². The normalized spacial score (nSPS) is 11.7. The standard InChI is InChI=1S/C22H31NO4S/c1-7-26-20-13-12-17(14-21(20)27-8-2)28(24,25)23-22-18(15(3)4)10-9-11-19(22)16(5)6/h9-16,23H,7-8H2,1-6H3. The smallest absolute Gasteiger partial charge is 0.262 e. The summed E-state index contributed by atoms with van der Waals surface area (Å²) in [6, 6.07) is 10.6. The predicted octanol–water partition coefficient (Wildman–Crippen LogP) is 5.53. The molecule has 0 fully saturated rings. The first-order valence-corrected chi connectivity index (χ1v) is 11.2. The maximum Gasteiger partial charge on any atom is 0.262 e. The third-order valence-corrected chi connectivity index (χ3v) is 5.78. The van der Waals surface area contributed by atoms with E-state index in [0.717, 1.165) is 11.1 Å². The summed E-state index contributed by atoms with van der Waals surface area (Å²) in [4.78, 5) is 0.146. The van der Waals surface area contributed by atoms with Crippen molar-refractivity contribution in [2.75, 3.05) is 17.9 Å². The van der Waals surface area contributed by atoms with Crippen LogP contribution in [0.3, 0.4) is 0 Å². The van der Waals surface area contributed by atoms with Crippen molar-refractivity contribution in [3.63, 3.8) is 0 Å². The molecule has 1 N–H and O–H groups in total. The van der Waals surface area contributed by atoms with E-state index in [9.17, 15) is 8.42 Å². The summed E-state index contributed by atoms with van der Waals surface area (Å²) < 4.78 is 40.3. The second kappa shape index (κ2) is 9.32. The number of para-hydroxylation sites is 1. The molecule has 2 aromatic carbocycles. The second-order valence-corrected chi connectivity index (χ2v) is 8.88. The highest BCUT2D eigenvalue weighted by molar-refractivity contribution is 7.92. The third-order valence-electron chi connectivity index (χ3n) is 4.43. The summed E-state index contributed by atoms with van der Waals surface area (Å²) in [6.45, 7) is 12.8. The molecule has 2 aromatic rings. The summed E-state index contributed by atoms with van der Waals surface area (Å²) in [5.41, 5.74) is 2.62. The molecular formula is C22H31NO4S. The van der Waals surface area contributed by atoms with Crippen molar-refractivity contribution in [3.8, 4) is 11.5 Å². The molecule has 0 atom stereocenters. The van der Waals surface area contributed by atoms with Gasteiger partial charge in [0.05, 0.1) is 23.8 Å². The lowest BCUT2D eigenvalue weighted by Gasteiger charge is -2.21. The van der Waals surface area contributed by atoms with E-state index in [1.54, 1.807) is 12.1 Å². The van der Waals surface area contributed by atoms with Crippen LogP contribution in [-0.4, -0.2) is 21.6 Å². The number of nitrogens with one attached hydrogen (secondary N) is 1. The SMILES string of the molecule is CCOc1ccc(S(=O)(=O)Nc2c(C(C)C)cccc2C(C)C)cc1OCC. The first-order chi connectivity index (χ1) is 13.2. The van der Waals surface area contributed by atoms with Crippen molar-refractivity contribution < 1.29 is 17.9 Å². The molecule has 5 nitrogen and oxygen atoms in total. The number of sulfonamides is 1. The lowest BCUT2D eigenvalue weighted by Crippen LogP contribution is -2.17. The van der Waals surface area contributed by atoms with Gasteiger partial charge < -0.3 is 9.47 Å². The molecule has 0 aliphatic rings. The maximum absolute atomic E-state index is 13.2. The molecule has 2 rings (SSSR count). The van der Waals surface area contributed by atoms with Crippen molar-refractivity contribution in [2.24, 2.45) is 0 Å². The van der Waals surface area contributed by atoms with Crippen LogP contribution in [0.25, 0.3) is 0 Å². The highest BCUT2D eigenvalue weighted by atomic mass is 32.2. The van der Waals surface area contributed by atoms with Crippen LogP contribution in [0.4, 0.5) is 5.69 Å². The highest BCUT2D eigenvalue weighted by Gasteiger charge is 2.22. The van der Waals surface area contributed by atoms with E-state index in [0.29, 0.717) is 30.4 Å². The van der Waals surface area contributed by atoms with Crippen LogP contribution in [0, 0.1) is 0 Å². The van der Waals surface area contributed by atoms with Gasteiger partial charge in [-0.3, -0.25) is 4.72 Å². The van der Waals surface area contributed by atoms with Gasteiger partial charge in [0, 0.05) is 6.07 Å². The van der Waals surface area contributed by atoms with Crippen molar-refractivity contribution in [1.29, 1.82) is 0 Å². The van der Waals surface area contributed by atoms with Gasteiger partial charge in [-0.15, -0.1) is 0 Å². The van der Waals surface area contributed by atoms with E-state index in [1.165, 1.54) is 6.07 Å². The first-order valence-electron chi connectivity index (χ1n) is 9.76. The van der Waals surface area contributed by atoms with Gasteiger partial charge in [-0.25, -0.2) is 8.42 Å². The summed E-state index contributed by atoms with van der Waals surface area (Å²) in [6.07, 6.45) is 0. The molecule has 0 aromatic heterocycles. The summed E-state index contributed by atoms with van der Waals surface area (Å²) in [5, 5.41) is 0. The Morgan fingerprint density at radius 1 is 0.857 bits per heavy atom. The van der Waals surface area contributed by atoms with Crippen molar-refractivity contribution in [3.05, 3.63) is 47.5 Å². The highest BCUT2D eigenvalue weighted by Crippen LogP contribution is 2.35. The Balaban J connectivity index is 2.51. The maximum atomic E-state index is 13.2. The van der Waals surface area contributed by atoms with Gasteiger partial charge in [-0.05, 0) is 48.9 Å². The summed E-state index contributed by atoms with van der Waals surface area (Å²) >= 11 is 0. The van der Waals surface area contributed by atoms with Gasteiger partial charge in [0.2, 0.25) is 0 Å². The van der Waals surface area contributed by atoms with E-state index in [-0.39, 0.29) is 16.7 Å². The zero-order valence-corrected chi connectivity index (χ0v) is 18.4. The lowest BCUT2D eigenvalue weighted by atomic mass is 9.93. The number of rotatable bonds is 9. The molecule has 0 amide bonds. The second-order valence-electron chi connectivity index (χ2n) is 7.20. The molecule has 0 aliphatic heterocycles. The Bertz CT molecular complexity index is 878. The zero-order valence-electron chi connectivity index (χ0n) is 17.6. The van der Waals surface area contributed by atoms with Crippen molar-refractivity contribution in [2.45, 2.75) is 58.3 Å². The molecular weight excluding hydrogens is 374 g/mol. The molecule has 154 valence electrons. The number of hydrogen-bond donors (Lipinski definition) is 1. The predicted molar refractivity (Wildman–Crippen MR) is 114 cm³/mol. The molecule has 0 bridgehead atoms. The van der Waals surface area contributed by atoms with Crippen LogP contribution in [0.1, 0.15) is 64.5 Å². The van der Waals surface area contributed by atoms with Gasteiger partial charge in [-0.1, -0.05) is 45.9 Å². The van der Waals surface area contributed by atoms with E-state index >= 15 is 0 Å². The molecule has 0 saturated heterocycles. The van der Waals surface area contributed by atoms with E-state index in [2.05, 4.69) is 32.4 Å². The van der Waals surface area contributed by atoms with Crippen LogP contribution in [0.15, 0.2) is 41.3 Å². The number of hydrogen-bond acceptors (Lipinski definition) is 4. The summed E-state index contributed by atoms with van der Waals surface area (Å²) in [5.74, 6) is 1.34. The Hall–Kier alpha value is -2.21. The van der Waals surface area contributed by atoms with Crippen LogP contribution in [0.2, 0.25) is 0 Å². The number of benzene rings is 2. The fourth-order valence-electron chi connectivity index (χ4n) is 3.06. The van der Waals surface area contributed by atoms with Gasteiger partial charge in [-0.2, -0.15) is 0 Å². The molecule has 0 radical (unpaired) electrons. The van der Waals surface area contributed by atoms with Gasteiger partial charge in [0.15, 0.2) is 11.5 Å². The Morgan fingerprint density at radius 2 is 1.39 bits per heavy atom. The minimum absolute atomic E-state index is 0.146. The zero-order chi connectivity index (χ0) is 20.9. The molecule has 0 saturated carbocycles. The van der Waals surface area contributed by atoms with Crippen molar-refractivity contribution >= 4 is 15.7 Å². The fourth-order valence-corrected chi connectivity index (χ4v) is 4.19. The third kappa shape index (κ3) is 4.98. The molecule has 0 heterocycles. The number of anilines is 1. The van der Waals surface area contributed by atoms with E-state index in [4.69, 9.17) is 9.47 Å². The molecule has 0 unspecified atom stereocenters. The molecule has 0 spiro atoms. The molecule has 28 heavy (non-hydrogen) atoms. The Labute approximate surface area is 169 Å². The van der Waals surface area contributed by atoms with Crippen LogP contribution >= 0.6 is 0 Å². The molecule has 0 aliphatic carbocycles. The minimum atomic E-state index is -3.78. The Kier molecular flexibility index (Phi) is 7.35. The monoisotopic (exact) mass is 405 g/mol. The summed E-state index contributed by atoms with van der Waals surface area (Å²) in [7, 11) is -3.78. The van der Waals surface area contributed by atoms with Gasteiger partial charge >= 0.3 is 0 Å². The first kappa shape index (κ1) is 22.1. The van der Waals surface area contributed by atoms with Crippen molar-refractivity contribution in [1.82, 2.24) is 0 Å². The van der Waals surface area contributed by atoms with Crippen LogP contribution in [0.5, 0.6) is 11.5 Å². The topological polar surface area (TPSA) is 64.6 Å². The Morgan fingerprint density at radius 3 is 1.89 bits per heavy atom. The average Bonchev–Trinajstić information content (AvgIpc) is 2.63. The lowest BCUT2D eigenvalue weighted by molar-refractivity contribution is 0.287. The quantitative estimate of drug-likeness (QED) is 0.595. The van der Waals surface area contributed by atoms with Gasteiger partial charge in [0.1, 0.15) is 0 Å². The minimum Gasteiger partial charge on any atom is -0.490 e. The number of ether oxygens (including phenoxy) is 2.